The van der Waals surface area contributed by atoms with Crippen molar-refractivity contribution in [1.29, 1.82) is 0 Å². The van der Waals surface area contributed by atoms with E-state index in [1.165, 1.54) is 0 Å². The van der Waals surface area contributed by atoms with Crippen molar-refractivity contribution in [3.05, 3.63) is 0 Å². The number of hydrogen-bond acceptors (Lipinski definition) is 4. The lowest BCUT2D eigenvalue weighted by molar-refractivity contribution is 0.0493. The molecule has 0 fully saturated rings. The van der Waals surface area contributed by atoms with E-state index in [1.54, 1.807) is 0 Å². The van der Waals surface area contributed by atoms with Crippen LogP contribution in [0.2, 0.25) is 18.1 Å². The normalized spacial score (nSPS) is 14.7. The molecule has 5 nitrogen and oxygen atoms in total. The summed E-state index contributed by atoms with van der Waals surface area (Å²) in [7, 11) is -1.70. The standard InChI is InChI=1S/C15H34N2O3Si/c1-12(11-19-21(8,9)15(5,6)7)10-16-17-13(18)20-14(2,3)4/h12,16H,10-11H2,1-9H3,(H,17,18)/t12-/m1/s1. The van der Waals surface area contributed by atoms with E-state index in [4.69, 9.17) is 9.16 Å². The fourth-order valence-electron chi connectivity index (χ4n) is 1.23. The van der Waals surface area contributed by atoms with Gasteiger partial charge in [-0.25, -0.2) is 10.2 Å². The third kappa shape index (κ3) is 9.11. The fourth-order valence-corrected chi connectivity index (χ4v) is 2.36. The lowest BCUT2D eigenvalue weighted by Crippen LogP contribution is -2.45. The third-order valence-corrected chi connectivity index (χ3v) is 8.08. The summed E-state index contributed by atoms with van der Waals surface area (Å²) in [4.78, 5) is 11.5. The van der Waals surface area contributed by atoms with Crippen LogP contribution in [0.15, 0.2) is 0 Å². The monoisotopic (exact) mass is 318 g/mol. The Hall–Kier alpha value is -0.593. The number of rotatable bonds is 6. The van der Waals surface area contributed by atoms with Crippen LogP contribution in [0.25, 0.3) is 0 Å². The number of carbonyl (C=O) groups excluding carboxylic acids is 1. The van der Waals surface area contributed by atoms with Crippen LogP contribution in [0.3, 0.4) is 0 Å². The maximum Gasteiger partial charge on any atom is 0.422 e. The van der Waals surface area contributed by atoms with Gasteiger partial charge in [-0.3, -0.25) is 5.43 Å². The fraction of sp³-hybridized carbons (Fsp3) is 0.933. The first kappa shape index (κ1) is 20.4. The minimum Gasteiger partial charge on any atom is -0.443 e. The van der Waals surface area contributed by atoms with Crippen molar-refractivity contribution in [3.63, 3.8) is 0 Å². The molecule has 21 heavy (non-hydrogen) atoms. The van der Waals surface area contributed by atoms with Gasteiger partial charge in [-0.2, -0.15) is 0 Å². The summed E-state index contributed by atoms with van der Waals surface area (Å²) in [6, 6.07) is 0. The van der Waals surface area contributed by atoms with Gasteiger partial charge in [0, 0.05) is 13.2 Å². The van der Waals surface area contributed by atoms with E-state index in [2.05, 4.69) is 51.6 Å². The van der Waals surface area contributed by atoms with Crippen LogP contribution in [-0.2, 0) is 9.16 Å². The van der Waals surface area contributed by atoms with Gasteiger partial charge in [-0.05, 0) is 44.8 Å². The Morgan fingerprint density at radius 2 is 1.67 bits per heavy atom. The zero-order valence-electron chi connectivity index (χ0n) is 15.2. The summed E-state index contributed by atoms with van der Waals surface area (Å²) < 4.78 is 11.3. The van der Waals surface area contributed by atoms with E-state index < -0.39 is 20.0 Å². The molecule has 0 saturated carbocycles. The van der Waals surface area contributed by atoms with Crippen molar-refractivity contribution in [2.45, 2.75) is 72.2 Å². The van der Waals surface area contributed by atoms with Gasteiger partial charge in [0.2, 0.25) is 0 Å². The molecule has 0 bridgehead atoms. The molecule has 1 amide bonds. The van der Waals surface area contributed by atoms with Crippen LogP contribution in [0.4, 0.5) is 4.79 Å². The molecule has 0 aromatic carbocycles. The minimum atomic E-state index is -1.70. The summed E-state index contributed by atoms with van der Waals surface area (Å²) >= 11 is 0. The quantitative estimate of drug-likeness (QED) is 0.579. The Labute approximate surface area is 131 Å². The van der Waals surface area contributed by atoms with Gasteiger partial charge >= 0.3 is 6.09 Å². The zero-order valence-corrected chi connectivity index (χ0v) is 16.2. The number of hydrogen-bond donors (Lipinski definition) is 2. The van der Waals surface area contributed by atoms with Crippen LogP contribution >= 0.6 is 0 Å². The van der Waals surface area contributed by atoms with Crippen LogP contribution in [0.1, 0.15) is 48.5 Å². The summed E-state index contributed by atoms with van der Waals surface area (Å²) in [5, 5.41) is 0.217. The second kappa shape index (κ2) is 7.60. The van der Waals surface area contributed by atoms with Gasteiger partial charge in [0.1, 0.15) is 5.60 Å². The van der Waals surface area contributed by atoms with Gasteiger partial charge in [0.25, 0.3) is 0 Å². The molecule has 0 unspecified atom stereocenters. The van der Waals surface area contributed by atoms with Gasteiger partial charge in [0.15, 0.2) is 8.32 Å². The molecule has 0 heterocycles. The second-order valence-corrected chi connectivity index (χ2v) is 13.0. The van der Waals surface area contributed by atoms with Crippen LogP contribution in [0, 0.1) is 5.92 Å². The number of amides is 1. The highest BCUT2D eigenvalue weighted by Crippen LogP contribution is 2.36. The molecule has 1 atom stereocenters. The molecule has 126 valence electrons. The van der Waals surface area contributed by atoms with Crippen molar-refractivity contribution in [1.82, 2.24) is 10.9 Å². The summed E-state index contributed by atoms with van der Waals surface area (Å²) in [5.41, 5.74) is 4.95. The Bertz CT molecular complexity index is 333. The Morgan fingerprint density at radius 1 is 1.14 bits per heavy atom. The van der Waals surface area contributed by atoms with Crippen molar-refractivity contribution in [3.8, 4) is 0 Å². The lowest BCUT2D eigenvalue weighted by atomic mass is 10.2. The van der Waals surface area contributed by atoms with E-state index >= 15 is 0 Å². The number of ether oxygens (including phenoxy) is 1. The highest BCUT2D eigenvalue weighted by molar-refractivity contribution is 6.74. The topological polar surface area (TPSA) is 59.6 Å². The van der Waals surface area contributed by atoms with Crippen molar-refractivity contribution < 1.29 is 14.0 Å². The third-order valence-electron chi connectivity index (χ3n) is 3.57. The van der Waals surface area contributed by atoms with Crippen molar-refractivity contribution in [2.24, 2.45) is 5.92 Å². The summed E-state index contributed by atoms with van der Waals surface area (Å²) in [5.74, 6) is 0.314. The van der Waals surface area contributed by atoms with Gasteiger partial charge < -0.3 is 9.16 Å². The molecule has 0 aromatic rings. The Morgan fingerprint density at radius 3 is 2.10 bits per heavy atom. The minimum absolute atomic E-state index is 0.217. The molecule has 0 radical (unpaired) electrons. The molecule has 0 saturated heterocycles. The first-order valence-electron chi connectivity index (χ1n) is 7.60. The van der Waals surface area contributed by atoms with E-state index in [-0.39, 0.29) is 5.04 Å². The maximum absolute atomic E-state index is 11.5. The van der Waals surface area contributed by atoms with Gasteiger partial charge in [-0.1, -0.05) is 27.7 Å². The van der Waals surface area contributed by atoms with E-state index in [0.29, 0.717) is 19.1 Å². The highest BCUT2D eigenvalue weighted by Gasteiger charge is 2.37. The first-order valence-corrected chi connectivity index (χ1v) is 10.5. The Kier molecular flexibility index (Phi) is 7.39. The van der Waals surface area contributed by atoms with Crippen LogP contribution in [-0.4, -0.2) is 33.2 Å². The Balaban J connectivity index is 3.97. The largest absolute Gasteiger partial charge is 0.443 e. The van der Waals surface area contributed by atoms with E-state index in [0.717, 1.165) is 0 Å². The molecule has 0 aliphatic heterocycles. The molecule has 0 spiro atoms. The first-order chi connectivity index (χ1) is 9.24. The zero-order chi connectivity index (χ0) is 16.9. The SMILES string of the molecule is C[C@H](CNNC(=O)OC(C)(C)C)CO[Si](C)(C)C(C)(C)C. The summed E-state index contributed by atoms with van der Waals surface area (Å²) in [6.45, 7) is 20.1. The number of carbonyl (C=O) groups is 1. The highest BCUT2D eigenvalue weighted by atomic mass is 28.4. The van der Waals surface area contributed by atoms with Gasteiger partial charge in [-0.15, -0.1) is 0 Å². The molecular weight excluding hydrogens is 284 g/mol. The molecule has 0 rings (SSSR count). The van der Waals surface area contributed by atoms with Crippen LogP contribution < -0.4 is 10.9 Å². The second-order valence-electron chi connectivity index (χ2n) is 8.18. The molecule has 2 N–H and O–H groups in total. The smallest absolute Gasteiger partial charge is 0.422 e. The molecule has 0 aliphatic carbocycles. The molecule has 0 aliphatic rings. The average Bonchev–Trinajstić information content (AvgIpc) is 2.22. The molecule has 6 heteroatoms. The predicted octanol–water partition coefficient (Wildman–Crippen LogP) is 3.67. The van der Waals surface area contributed by atoms with E-state index in [1.807, 2.05) is 20.8 Å². The van der Waals surface area contributed by atoms with Crippen LogP contribution in [0.5, 0.6) is 0 Å². The summed E-state index contributed by atoms with van der Waals surface area (Å²) in [6.07, 6.45) is -0.458. The van der Waals surface area contributed by atoms with Gasteiger partial charge in [0.05, 0.1) is 0 Å². The van der Waals surface area contributed by atoms with Crippen molar-refractivity contribution >= 4 is 14.4 Å². The lowest BCUT2D eigenvalue weighted by Gasteiger charge is -2.37. The molecule has 0 aromatic heterocycles. The van der Waals surface area contributed by atoms with E-state index in [9.17, 15) is 4.79 Å². The maximum atomic E-state index is 11.5. The number of hydrazine groups is 1. The predicted molar refractivity (Wildman–Crippen MR) is 89.7 cm³/mol. The molecular formula is C15H34N2O3Si. The number of nitrogens with one attached hydrogen (secondary N) is 2. The van der Waals surface area contributed by atoms with Crippen molar-refractivity contribution in [2.75, 3.05) is 13.2 Å². The average molecular weight is 319 g/mol.